The molecule has 0 unspecified atom stereocenters. The quantitative estimate of drug-likeness (QED) is 0.225. The number of ether oxygens (including phenoxy) is 3. The summed E-state index contributed by atoms with van der Waals surface area (Å²) < 4.78 is 14.8. The molecule has 0 N–H and O–H groups in total. The first-order valence-electron chi connectivity index (χ1n) is 6.54. The van der Waals surface area contributed by atoms with Gasteiger partial charge in [-0.15, -0.1) is 0 Å². The van der Waals surface area contributed by atoms with Crippen LogP contribution < -0.4 is 4.74 Å². The van der Waals surface area contributed by atoms with Gasteiger partial charge in [0.1, 0.15) is 12.4 Å². The van der Waals surface area contributed by atoms with Crippen molar-refractivity contribution in [1.29, 1.82) is 0 Å². The van der Waals surface area contributed by atoms with Gasteiger partial charge in [0.05, 0.1) is 25.2 Å². The molecule has 0 spiro atoms. The van der Waals surface area contributed by atoms with Gasteiger partial charge in [-0.25, -0.2) is 4.79 Å². The number of rotatable bonds is 9. The van der Waals surface area contributed by atoms with Gasteiger partial charge >= 0.3 is 5.97 Å². The van der Waals surface area contributed by atoms with Gasteiger partial charge < -0.3 is 14.2 Å². The number of methoxy groups -OCH3 is 1. The van der Waals surface area contributed by atoms with Crippen LogP contribution in [0.1, 0.15) is 23.7 Å². The van der Waals surface area contributed by atoms with Crippen LogP contribution in [-0.4, -0.2) is 44.5 Å². The lowest BCUT2D eigenvalue weighted by Crippen LogP contribution is -2.21. The molecule has 0 bridgehead atoms. The third-order valence-electron chi connectivity index (χ3n) is 2.56. The molecule has 0 aliphatic rings. The zero-order valence-electron chi connectivity index (χ0n) is 12.1. The van der Waals surface area contributed by atoms with E-state index in [0.717, 1.165) is 0 Å². The minimum absolute atomic E-state index is 0.0927. The molecule has 0 aromatic heterocycles. The van der Waals surface area contributed by atoms with Crippen molar-refractivity contribution in [3.05, 3.63) is 29.8 Å². The highest BCUT2D eigenvalue weighted by molar-refractivity contribution is 6.38. The number of ketones is 2. The molecule has 0 aliphatic carbocycles. The van der Waals surface area contributed by atoms with E-state index in [2.05, 4.69) is 4.74 Å². The van der Waals surface area contributed by atoms with E-state index < -0.39 is 24.0 Å². The molecular weight excluding hydrogens is 276 g/mol. The molecule has 1 aromatic carbocycles. The van der Waals surface area contributed by atoms with Crippen LogP contribution in [0.3, 0.4) is 0 Å². The fourth-order valence-corrected chi connectivity index (χ4v) is 1.58. The number of benzene rings is 1. The van der Waals surface area contributed by atoms with Crippen molar-refractivity contribution in [2.24, 2.45) is 0 Å². The van der Waals surface area contributed by atoms with Gasteiger partial charge in [-0.2, -0.15) is 0 Å². The highest BCUT2D eigenvalue weighted by Gasteiger charge is 2.21. The molecule has 1 rings (SSSR count). The second-order valence-corrected chi connectivity index (χ2v) is 4.08. The molecule has 21 heavy (non-hydrogen) atoms. The van der Waals surface area contributed by atoms with Crippen LogP contribution in [-0.2, 0) is 19.1 Å². The molecule has 114 valence electrons. The average molecular weight is 294 g/mol. The van der Waals surface area contributed by atoms with Crippen molar-refractivity contribution in [3.8, 4) is 5.75 Å². The van der Waals surface area contributed by atoms with Crippen molar-refractivity contribution < 1.29 is 28.6 Å². The number of Topliss-reactive ketones (excluding diaryl/α,β-unsaturated/α-hetero) is 2. The summed E-state index contributed by atoms with van der Waals surface area (Å²) in [6, 6.07) is 6.54. The van der Waals surface area contributed by atoms with E-state index in [1.165, 1.54) is 0 Å². The summed E-state index contributed by atoms with van der Waals surface area (Å²) in [6.07, 6.45) is -0.538. The van der Waals surface area contributed by atoms with E-state index >= 15 is 0 Å². The molecule has 0 saturated carbocycles. The first-order valence-corrected chi connectivity index (χ1v) is 6.54. The van der Waals surface area contributed by atoms with Gasteiger partial charge in [0.15, 0.2) is 5.78 Å². The minimum Gasteiger partial charge on any atom is -0.490 e. The average Bonchev–Trinajstić information content (AvgIpc) is 2.48. The highest BCUT2D eigenvalue weighted by Crippen LogP contribution is 2.19. The molecule has 6 nitrogen and oxygen atoms in total. The van der Waals surface area contributed by atoms with E-state index in [1.54, 1.807) is 38.3 Å². The summed E-state index contributed by atoms with van der Waals surface area (Å²) in [4.78, 5) is 34.8. The Bertz CT molecular complexity index is 509. The Morgan fingerprint density at radius 1 is 1.10 bits per heavy atom. The van der Waals surface area contributed by atoms with Crippen molar-refractivity contribution in [1.82, 2.24) is 0 Å². The first-order chi connectivity index (χ1) is 10.1. The summed E-state index contributed by atoms with van der Waals surface area (Å²) in [5.74, 6) is -1.99. The predicted octanol–water partition coefficient (Wildman–Crippen LogP) is 1.42. The SMILES string of the molecule is CCOC(=O)C(=O)CC(=O)c1ccccc1OCCOC. The number of carbonyl (C=O) groups excluding carboxylic acids is 3. The van der Waals surface area contributed by atoms with E-state index in [4.69, 9.17) is 9.47 Å². The van der Waals surface area contributed by atoms with Crippen LogP contribution in [0.2, 0.25) is 0 Å². The number of para-hydroxylation sites is 1. The maximum absolute atomic E-state index is 12.1. The number of hydrogen-bond donors (Lipinski definition) is 0. The fourth-order valence-electron chi connectivity index (χ4n) is 1.58. The molecule has 0 saturated heterocycles. The van der Waals surface area contributed by atoms with Crippen molar-refractivity contribution in [2.75, 3.05) is 26.9 Å². The van der Waals surface area contributed by atoms with E-state index in [9.17, 15) is 14.4 Å². The van der Waals surface area contributed by atoms with Gasteiger partial charge in [-0.1, -0.05) is 12.1 Å². The second-order valence-electron chi connectivity index (χ2n) is 4.08. The highest BCUT2D eigenvalue weighted by atomic mass is 16.5. The van der Waals surface area contributed by atoms with Crippen molar-refractivity contribution in [3.63, 3.8) is 0 Å². The summed E-state index contributed by atoms with van der Waals surface area (Å²) in [5, 5.41) is 0. The zero-order chi connectivity index (χ0) is 15.7. The van der Waals surface area contributed by atoms with Crippen LogP contribution in [0.5, 0.6) is 5.75 Å². The van der Waals surface area contributed by atoms with Crippen molar-refractivity contribution >= 4 is 17.5 Å². The van der Waals surface area contributed by atoms with Crippen LogP contribution in [0.4, 0.5) is 0 Å². The zero-order valence-corrected chi connectivity index (χ0v) is 12.1. The monoisotopic (exact) mass is 294 g/mol. The maximum atomic E-state index is 12.1. The molecule has 0 amide bonds. The van der Waals surface area contributed by atoms with Gasteiger partial charge in [-0.05, 0) is 19.1 Å². The third-order valence-corrected chi connectivity index (χ3v) is 2.56. The molecule has 0 fully saturated rings. The molecule has 0 aliphatic heterocycles. The van der Waals surface area contributed by atoms with Gasteiger partial charge in [0.25, 0.3) is 0 Å². The minimum atomic E-state index is -0.997. The molecule has 1 aromatic rings. The Hall–Kier alpha value is -2.21. The topological polar surface area (TPSA) is 78.9 Å². The van der Waals surface area contributed by atoms with Crippen LogP contribution >= 0.6 is 0 Å². The van der Waals surface area contributed by atoms with Gasteiger partial charge in [0.2, 0.25) is 5.78 Å². The second kappa shape index (κ2) is 8.86. The fraction of sp³-hybridized carbons (Fsp3) is 0.400. The van der Waals surface area contributed by atoms with Crippen LogP contribution in [0.25, 0.3) is 0 Å². The lowest BCUT2D eigenvalue weighted by molar-refractivity contribution is -0.153. The van der Waals surface area contributed by atoms with Crippen LogP contribution in [0, 0.1) is 0 Å². The first kappa shape index (κ1) is 16.8. The molecule has 0 heterocycles. The number of esters is 1. The van der Waals surface area contributed by atoms with E-state index in [0.29, 0.717) is 12.4 Å². The van der Waals surface area contributed by atoms with E-state index in [1.807, 2.05) is 0 Å². The number of hydrogen-bond acceptors (Lipinski definition) is 6. The molecule has 0 atom stereocenters. The third kappa shape index (κ3) is 5.35. The molecule has 0 radical (unpaired) electrons. The smallest absolute Gasteiger partial charge is 0.375 e. The van der Waals surface area contributed by atoms with Gasteiger partial charge in [0, 0.05) is 7.11 Å². The number of carbonyl (C=O) groups is 3. The standard InChI is InChI=1S/C15H18O6/c1-3-20-15(18)13(17)10-12(16)11-6-4-5-7-14(11)21-9-8-19-2/h4-7H,3,8-10H2,1-2H3. The van der Waals surface area contributed by atoms with Gasteiger partial charge in [-0.3, -0.25) is 9.59 Å². The molecular formula is C15H18O6. The Labute approximate surface area is 123 Å². The Morgan fingerprint density at radius 3 is 2.48 bits per heavy atom. The van der Waals surface area contributed by atoms with Crippen molar-refractivity contribution in [2.45, 2.75) is 13.3 Å². The lowest BCUT2D eigenvalue weighted by Gasteiger charge is -2.10. The summed E-state index contributed by atoms with van der Waals surface area (Å²) in [5.41, 5.74) is 0.256. The predicted molar refractivity (Wildman–Crippen MR) is 74.4 cm³/mol. The Kier molecular flexibility index (Phi) is 7.11. The summed E-state index contributed by atoms with van der Waals surface area (Å²) in [6.45, 7) is 2.35. The normalized spacial score (nSPS) is 10.0. The Morgan fingerprint density at radius 2 is 1.81 bits per heavy atom. The maximum Gasteiger partial charge on any atom is 0.375 e. The van der Waals surface area contributed by atoms with Crippen LogP contribution in [0.15, 0.2) is 24.3 Å². The Balaban J connectivity index is 2.73. The van der Waals surface area contributed by atoms with E-state index in [-0.39, 0.29) is 18.8 Å². The molecule has 6 heteroatoms. The summed E-state index contributed by atoms with van der Waals surface area (Å²) >= 11 is 0. The summed E-state index contributed by atoms with van der Waals surface area (Å²) in [7, 11) is 1.54. The lowest BCUT2D eigenvalue weighted by atomic mass is 10.1. The largest absolute Gasteiger partial charge is 0.490 e.